The highest BCUT2D eigenvalue weighted by atomic mass is 35.5. The molecule has 0 aliphatic heterocycles. The van der Waals surface area contributed by atoms with Gasteiger partial charge in [-0.3, -0.25) is 4.79 Å². The molecule has 17 heavy (non-hydrogen) atoms. The lowest BCUT2D eigenvalue weighted by atomic mass is 10.0. The first-order chi connectivity index (χ1) is 8.09. The molecule has 2 aromatic carbocycles. The van der Waals surface area contributed by atoms with E-state index >= 15 is 0 Å². The molecule has 86 valence electrons. The van der Waals surface area contributed by atoms with E-state index < -0.39 is 16.9 Å². The minimum atomic E-state index is -0.874. The van der Waals surface area contributed by atoms with E-state index in [2.05, 4.69) is 0 Å². The quantitative estimate of drug-likeness (QED) is 0.738. The summed E-state index contributed by atoms with van der Waals surface area (Å²) in [6.45, 7) is 0. The lowest BCUT2D eigenvalue weighted by molar-refractivity contribution is 0.107. The van der Waals surface area contributed by atoms with E-state index in [-0.39, 0.29) is 11.1 Å². The van der Waals surface area contributed by atoms with E-state index in [0.29, 0.717) is 5.56 Å². The van der Waals surface area contributed by atoms with Crippen LogP contribution in [-0.2, 0) is 0 Å². The minimum absolute atomic E-state index is 0.149. The summed E-state index contributed by atoms with van der Waals surface area (Å²) in [6.07, 6.45) is 0. The van der Waals surface area contributed by atoms with E-state index in [4.69, 9.17) is 11.6 Å². The van der Waals surface area contributed by atoms with Gasteiger partial charge in [0.1, 0.15) is 11.6 Å². The van der Waals surface area contributed by atoms with Gasteiger partial charge < -0.3 is 0 Å². The van der Waals surface area contributed by atoms with Crippen LogP contribution in [0.3, 0.4) is 0 Å². The largest absolute Gasteiger partial charge is 0.275 e. The lowest BCUT2D eigenvalue weighted by Gasteiger charge is -2.05. The van der Waals surface area contributed by atoms with Crippen LogP contribution >= 0.6 is 11.6 Å². The van der Waals surface area contributed by atoms with Crippen molar-refractivity contribution in [3.05, 3.63) is 59.7 Å². The Labute approximate surface area is 102 Å². The Kier molecular flexibility index (Phi) is 3.20. The van der Waals surface area contributed by atoms with Gasteiger partial charge in [0.2, 0.25) is 0 Å². The summed E-state index contributed by atoms with van der Waals surface area (Å²) in [7, 11) is 0. The van der Waals surface area contributed by atoms with Crippen molar-refractivity contribution >= 4 is 16.8 Å². The Morgan fingerprint density at radius 2 is 1.76 bits per heavy atom. The van der Waals surface area contributed by atoms with Gasteiger partial charge in [-0.2, -0.15) is 0 Å². The fourth-order valence-electron chi connectivity index (χ4n) is 1.56. The highest BCUT2D eigenvalue weighted by Crippen LogP contribution is 2.26. The van der Waals surface area contributed by atoms with E-state index in [1.54, 1.807) is 6.07 Å². The van der Waals surface area contributed by atoms with Crippen LogP contribution in [-0.4, -0.2) is 5.24 Å². The molecule has 0 radical (unpaired) electrons. The smallest absolute Gasteiger partial charge is 0.255 e. The molecule has 0 fully saturated rings. The van der Waals surface area contributed by atoms with Crippen molar-refractivity contribution in [3.63, 3.8) is 0 Å². The topological polar surface area (TPSA) is 17.1 Å². The van der Waals surface area contributed by atoms with E-state index in [9.17, 15) is 13.6 Å². The minimum Gasteiger partial charge on any atom is -0.275 e. The number of rotatable bonds is 2. The normalized spacial score (nSPS) is 10.3. The van der Waals surface area contributed by atoms with E-state index in [0.717, 1.165) is 0 Å². The fourth-order valence-corrected chi connectivity index (χ4v) is 1.71. The third-order valence-corrected chi connectivity index (χ3v) is 2.55. The molecule has 4 heteroatoms. The van der Waals surface area contributed by atoms with Gasteiger partial charge in [-0.1, -0.05) is 24.3 Å². The van der Waals surface area contributed by atoms with Crippen LogP contribution in [0.5, 0.6) is 0 Å². The molecule has 0 aliphatic carbocycles. The maximum atomic E-state index is 13.9. The van der Waals surface area contributed by atoms with Crippen LogP contribution in [0.2, 0.25) is 0 Å². The van der Waals surface area contributed by atoms with Crippen LogP contribution < -0.4 is 0 Å². The van der Waals surface area contributed by atoms with Crippen molar-refractivity contribution < 1.29 is 13.6 Å². The van der Waals surface area contributed by atoms with Gasteiger partial charge >= 0.3 is 0 Å². The fraction of sp³-hybridized carbons (Fsp3) is 0. The summed E-state index contributed by atoms with van der Waals surface area (Å²) in [4.78, 5) is 11.0. The standard InChI is InChI=1S/C13H7ClF2O/c14-13(17)11-6-2-5-10(12(11)16)8-3-1-4-9(15)7-8/h1-7H. The molecule has 0 bridgehead atoms. The Morgan fingerprint density at radius 3 is 2.41 bits per heavy atom. The van der Waals surface area contributed by atoms with Gasteiger partial charge in [-0.25, -0.2) is 8.78 Å². The molecule has 0 aromatic heterocycles. The third kappa shape index (κ3) is 2.34. The van der Waals surface area contributed by atoms with Gasteiger partial charge in [0.15, 0.2) is 0 Å². The number of carbonyl (C=O) groups is 1. The van der Waals surface area contributed by atoms with Crippen LogP contribution in [0.4, 0.5) is 8.78 Å². The van der Waals surface area contributed by atoms with Crippen LogP contribution in [0.25, 0.3) is 11.1 Å². The number of hydrogen-bond acceptors (Lipinski definition) is 1. The molecule has 0 saturated heterocycles. The molecule has 0 heterocycles. The highest BCUT2D eigenvalue weighted by molar-refractivity contribution is 6.67. The maximum Gasteiger partial charge on any atom is 0.255 e. The summed E-state index contributed by atoms with van der Waals surface area (Å²) in [5, 5.41) is -0.874. The third-order valence-electron chi connectivity index (χ3n) is 2.35. The maximum absolute atomic E-state index is 13.9. The zero-order valence-corrected chi connectivity index (χ0v) is 9.34. The number of benzene rings is 2. The summed E-state index contributed by atoms with van der Waals surface area (Å²) >= 11 is 5.25. The summed E-state index contributed by atoms with van der Waals surface area (Å²) in [5.41, 5.74) is 0.298. The molecule has 0 atom stereocenters. The Bertz CT molecular complexity index is 581. The van der Waals surface area contributed by atoms with Gasteiger partial charge in [-0.05, 0) is 35.4 Å². The summed E-state index contributed by atoms with van der Waals surface area (Å²) in [5.74, 6) is -1.21. The van der Waals surface area contributed by atoms with E-state index in [1.807, 2.05) is 0 Å². The summed E-state index contributed by atoms with van der Waals surface area (Å²) in [6, 6.07) is 9.74. The molecule has 0 saturated carbocycles. The average molecular weight is 253 g/mol. The van der Waals surface area contributed by atoms with Crippen molar-refractivity contribution in [1.82, 2.24) is 0 Å². The Morgan fingerprint density at radius 1 is 1.06 bits per heavy atom. The molecule has 2 rings (SSSR count). The Hall–Kier alpha value is -1.74. The van der Waals surface area contributed by atoms with E-state index in [1.165, 1.54) is 36.4 Å². The molecule has 0 aliphatic rings. The number of halogens is 3. The average Bonchev–Trinajstić information content (AvgIpc) is 2.29. The molecule has 1 nitrogen and oxygen atoms in total. The van der Waals surface area contributed by atoms with Gasteiger partial charge in [0, 0.05) is 5.56 Å². The molecular formula is C13H7ClF2O. The molecular weight excluding hydrogens is 246 g/mol. The molecule has 0 spiro atoms. The zero-order chi connectivity index (χ0) is 12.4. The van der Waals surface area contributed by atoms with Crippen LogP contribution in [0.1, 0.15) is 10.4 Å². The van der Waals surface area contributed by atoms with Gasteiger partial charge in [-0.15, -0.1) is 0 Å². The number of carbonyl (C=O) groups excluding carboxylic acids is 1. The monoisotopic (exact) mass is 252 g/mol. The second kappa shape index (κ2) is 4.63. The summed E-state index contributed by atoms with van der Waals surface area (Å²) < 4.78 is 26.9. The van der Waals surface area contributed by atoms with Gasteiger partial charge in [0.25, 0.3) is 5.24 Å². The molecule has 0 N–H and O–H groups in total. The second-order valence-corrected chi connectivity index (χ2v) is 3.79. The van der Waals surface area contributed by atoms with Crippen molar-refractivity contribution in [3.8, 4) is 11.1 Å². The first-order valence-electron chi connectivity index (χ1n) is 4.84. The van der Waals surface area contributed by atoms with Crippen LogP contribution in [0, 0.1) is 11.6 Å². The molecule has 2 aromatic rings. The predicted molar refractivity (Wildman–Crippen MR) is 62.0 cm³/mol. The van der Waals surface area contributed by atoms with Gasteiger partial charge in [0.05, 0.1) is 5.56 Å². The van der Waals surface area contributed by atoms with Crippen molar-refractivity contribution in [2.75, 3.05) is 0 Å². The Balaban J connectivity index is 2.60. The van der Waals surface area contributed by atoms with Crippen molar-refractivity contribution in [1.29, 1.82) is 0 Å². The first-order valence-corrected chi connectivity index (χ1v) is 5.21. The molecule has 0 unspecified atom stereocenters. The second-order valence-electron chi connectivity index (χ2n) is 3.45. The number of hydrogen-bond donors (Lipinski definition) is 0. The lowest BCUT2D eigenvalue weighted by Crippen LogP contribution is -1.96. The van der Waals surface area contributed by atoms with Crippen molar-refractivity contribution in [2.24, 2.45) is 0 Å². The highest BCUT2D eigenvalue weighted by Gasteiger charge is 2.14. The molecule has 0 amide bonds. The van der Waals surface area contributed by atoms with Crippen LogP contribution in [0.15, 0.2) is 42.5 Å². The first kappa shape index (κ1) is 11.7. The van der Waals surface area contributed by atoms with Crippen molar-refractivity contribution in [2.45, 2.75) is 0 Å². The predicted octanol–water partition coefficient (Wildman–Crippen LogP) is 4.01. The SMILES string of the molecule is O=C(Cl)c1cccc(-c2cccc(F)c2)c1F. The zero-order valence-electron chi connectivity index (χ0n) is 8.58.